The largest absolute Gasteiger partial charge is 0.481 e. The summed E-state index contributed by atoms with van der Waals surface area (Å²) >= 11 is 0. The number of ether oxygens (including phenoxy) is 1. The van der Waals surface area contributed by atoms with Gasteiger partial charge < -0.3 is 14.5 Å². The van der Waals surface area contributed by atoms with E-state index in [1.807, 2.05) is 6.07 Å². The molecular weight excluding hydrogens is 272 g/mol. The van der Waals surface area contributed by atoms with Gasteiger partial charge in [0.15, 0.2) is 0 Å². The van der Waals surface area contributed by atoms with E-state index in [0.29, 0.717) is 24.4 Å². The van der Waals surface area contributed by atoms with E-state index in [4.69, 9.17) is 9.15 Å². The summed E-state index contributed by atoms with van der Waals surface area (Å²) in [5.41, 5.74) is 0. The fourth-order valence-electron chi connectivity index (χ4n) is 2.43. The molecule has 0 amide bonds. The summed E-state index contributed by atoms with van der Waals surface area (Å²) in [7, 11) is 1.60. The van der Waals surface area contributed by atoms with Crippen molar-refractivity contribution in [2.45, 2.75) is 25.4 Å². The zero-order chi connectivity index (χ0) is 14.5. The van der Waals surface area contributed by atoms with Crippen molar-refractivity contribution >= 4 is 5.82 Å². The van der Waals surface area contributed by atoms with Crippen LogP contribution >= 0.6 is 0 Å². The summed E-state index contributed by atoms with van der Waals surface area (Å²) in [5.74, 6) is 2.04. The molecule has 0 aliphatic carbocycles. The summed E-state index contributed by atoms with van der Waals surface area (Å²) in [6.45, 7) is 2.69. The van der Waals surface area contributed by atoms with Gasteiger partial charge in [0.25, 0.3) is 0 Å². The molecule has 0 aromatic carbocycles. The zero-order valence-electron chi connectivity index (χ0n) is 11.9. The fourth-order valence-corrected chi connectivity index (χ4v) is 2.43. The lowest BCUT2D eigenvalue weighted by Crippen LogP contribution is -2.38. The molecule has 8 nitrogen and oxygen atoms in total. The smallest absolute Gasteiger partial charge is 0.230 e. The van der Waals surface area contributed by atoms with Gasteiger partial charge in [0.2, 0.25) is 18.2 Å². The van der Waals surface area contributed by atoms with Crippen LogP contribution in [0.1, 0.15) is 18.7 Å². The number of aromatic nitrogens is 4. The first-order valence-corrected chi connectivity index (χ1v) is 6.93. The van der Waals surface area contributed by atoms with Crippen LogP contribution in [0.25, 0.3) is 0 Å². The van der Waals surface area contributed by atoms with Crippen molar-refractivity contribution in [3.8, 4) is 5.88 Å². The summed E-state index contributed by atoms with van der Waals surface area (Å²) in [5, 5.41) is 11.0. The van der Waals surface area contributed by atoms with E-state index in [-0.39, 0.29) is 0 Å². The molecule has 1 aliphatic heterocycles. The van der Waals surface area contributed by atoms with Gasteiger partial charge >= 0.3 is 0 Å². The SMILES string of the molecule is COc1cc(NC2CCN(Cc3nnco3)CC2)ncn1. The van der Waals surface area contributed by atoms with E-state index in [9.17, 15) is 0 Å². The first kappa shape index (κ1) is 13.7. The van der Waals surface area contributed by atoms with Crippen molar-refractivity contribution in [1.29, 1.82) is 0 Å². The van der Waals surface area contributed by atoms with Gasteiger partial charge in [-0.25, -0.2) is 9.97 Å². The highest BCUT2D eigenvalue weighted by Gasteiger charge is 2.20. The van der Waals surface area contributed by atoms with E-state index in [2.05, 4.69) is 30.4 Å². The van der Waals surface area contributed by atoms with Gasteiger partial charge in [0.05, 0.1) is 13.7 Å². The third kappa shape index (κ3) is 3.66. The van der Waals surface area contributed by atoms with Crippen LogP contribution in [0.15, 0.2) is 23.2 Å². The number of nitrogens with zero attached hydrogens (tertiary/aromatic N) is 5. The minimum atomic E-state index is 0.406. The van der Waals surface area contributed by atoms with Gasteiger partial charge in [-0.2, -0.15) is 0 Å². The zero-order valence-corrected chi connectivity index (χ0v) is 11.9. The normalized spacial score (nSPS) is 16.8. The Morgan fingerprint density at radius 3 is 2.95 bits per heavy atom. The lowest BCUT2D eigenvalue weighted by molar-refractivity contribution is 0.193. The molecule has 0 spiro atoms. The molecular formula is C13H18N6O2. The average Bonchev–Trinajstić information content (AvgIpc) is 3.02. The lowest BCUT2D eigenvalue weighted by atomic mass is 10.1. The fraction of sp³-hybridized carbons (Fsp3) is 0.538. The van der Waals surface area contributed by atoms with Crippen LogP contribution in [-0.2, 0) is 6.54 Å². The summed E-state index contributed by atoms with van der Waals surface area (Å²) in [4.78, 5) is 10.5. The minimum Gasteiger partial charge on any atom is -0.481 e. The van der Waals surface area contributed by atoms with Gasteiger partial charge in [-0.1, -0.05) is 0 Å². The van der Waals surface area contributed by atoms with E-state index >= 15 is 0 Å². The van der Waals surface area contributed by atoms with Gasteiger partial charge in [-0.3, -0.25) is 4.90 Å². The van der Waals surface area contributed by atoms with Crippen LogP contribution in [0.2, 0.25) is 0 Å². The quantitative estimate of drug-likeness (QED) is 0.870. The van der Waals surface area contributed by atoms with E-state index < -0.39 is 0 Å². The number of methoxy groups -OCH3 is 1. The predicted octanol–water partition coefficient (Wildman–Crippen LogP) is 0.945. The van der Waals surface area contributed by atoms with Crippen LogP contribution in [0.5, 0.6) is 5.88 Å². The number of rotatable bonds is 5. The first-order valence-electron chi connectivity index (χ1n) is 6.93. The van der Waals surface area contributed by atoms with Crippen LogP contribution in [0.4, 0.5) is 5.82 Å². The number of anilines is 1. The highest BCUT2D eigenvalue weighted by atomic mass is 16.5. The van der Waals surface area contributed by atoms with E-state index in [1.165, 1.54) is 12.7 Å². The maximum atomic E-state index is 5.17. The second kappa shape index (κ2) is 6.49. The van der Waals surface area contributed by atoms with E-state index in [1.54, 1.807) is 7.11 Å². The first-order chi connectivity index (χ1) is 10.3. The van der Waals surface area contributed by atoms with Crippen molar-refractivity contribution < 1.29 is 9.15 Å². The monoisotopic (exact) mass is 290 g/mol. The lowest BCUT2D eigenvalue weighted by Gasteiger charge is -2.31. The minimum absolute atomic E-state index is 0.406. The number of nitrogens with one attached hydrogen (secondary N) is 1. The molecule has 21 heavy (non-hydrogen) atoms. The van der Waals surface area contributed by atoms with Crippen molar-refractivity contribution in [3.05, 3.63) is 24.7 Å². The standard InChI is InChI=1S/C13H18N6O2/c1-20-12-6-11(14-8-15-12)17-10-2-4-19(5-3-10)7-13-18-16-9-21-13/h6,8-10H,2-5,7H2,1H3,(H,14,15,17). The number of likely N-dealkylation sites (tertiary alicyclic amines) is 1. The number of piperidine rings is 1. The molecule has 2 aromatic rings. The molecule has 2 aromatic heterocycles. The van der Waals surface area contributed by atoms with Crippen LogP contribution in [0, 0.1) is 0 Å². The van der Waals surface area contributed by atoms with Gasteiger partial charge in [0.1, 0.15) is 12.1 Å². The molecule has 0 bridgehead atoms. The van der Waals surface area contributed by atoms with E-state index in [0.717, 1.165) is 31.7 Å². The van der Waals surface area contributed by atoms with Gasteiger partial charge in [-0.05, 0) is 12.8 Å². The molecule has 1 N–H and O–H groups in total. The highest BCUT2D eigenvalue weighted by Crippen LogP contribution is 2.18. The third-order valence-corrected chi connectivity index (χ3v) is 3.55. The van der Waals surface area contributed by atoms with Gasteiger partial charge in [-0.15, -0.1) is 10.2 Å². The Bertz CT molecular complexity index is 554. The Labute approximate surface area is 122 Å². The number of hydrogen-bond donors (Lipinski definition) is 1. The summed E-state index contributed by atoms with van der Waals surface area (Å²) in [6, 6.07) is 2.22. The molecule has 1 aliphatic rings. The summed E-state index contributed by atoms with van der Waals surface area (Å²) in [6.07, 6.45) is 4.96. The maximum absolute atomic E-state index is 5.17. The average molecular weight is 290 g/mol. The van der Waals surface area contributed by atoms with Crippen molar-refractivity contribution in [2.75, 3.05) is 25.5 Å². The number of hydrogen-bond acceptors (Lipinski definition) is 8. The molecule has 0 unspecified atom stereocenters. The predicted molar refractivity (Wildman–Crippen MR) is 74.8 cm³/mol. The summed E-state index contributed by atoms with van der Waals surface area (Å²) < 4.78 is 10.3. The Hall–Kier alpha value is -2.22. The van der Waals surface area contributed by atoms with Crippen molar-refractivity contribution in [1.82, 2.24) is 25.1 Å². The Morgan fingerprint density at radius 1 is 1.38 bits per heavy atom. The molecule has 1 fully saturated rings. The Morgan fingerprint density at radius 2 is 2.24 bits per heavy atom. The molecule has 112 valence electrons. The molecule has 0 saturated carbocycles. The van der Waals surface area contributed by atoms with Crippen LogP contribution in [-0.4, -0.2) is 51.3 Å². The topological polar surface area (TPSA) is 89.2 Å². The van der Waals surface area contributed by atoms with Crippen LogP contribution < -0.4 is 10.1 Å². The molecule has 1 saturated heterocycles. The second-order valence-corrected chi connectivity index (χ2v) is 4.97. The van der Waals surface area contributed by atoms with Crippen molar-refractivity contribution in [3.63, 3.8) is 0 Å². The van der Waals surface area contributed by atoms with Crippen LogP contribution in [0.3, 0.4) is 0 Å². The van der Waals surface area contributed by atoms with Crippen molar-refractivity contribution in [2.24, 2.45) is 0 Å². The molecule has 0 radical (unpaired) electrons. The Kier molecular flexibility index (Phi) is 4.25. The molecule has 3 heterocycles. The Balaban J connectivity index is 1.49. The molecule has 0 atom stereocenters. The molecule has 8 heteroatoms. The van der Waals surface area contributed by atoms with Gasteiger partial charge in [0, 0.05) is 25.2 Å². The third-order valence-electron chi connectivity index (χ3n) is 3.55. The second-order valence-electron chi connectivity index (χ2n) is 4.97. The molecule has 3 rings (SSSR count). The maximum Gasteiger partial charge on any atom is 0.230 e. The highest BCUT2D eigenvalue weighted by molar-refractivity contribution is 5.38.